The van der Waals surface area contributed by atoms with Gasteiger partial charge in [-0.3, -0.25) is 9.59 Å². The second-order valence-corrected chi connectivity index (χ2v) is 7.20. The Bertz CT molecular complexity index is 776. The van der Waals surface area contributed by atoms with Gasteiger partial charge < -0.3 is 10.1 Å². The van der Waals surface area contributed by atoms with E-state index in [0.717, 1.165) is 34.4 Å². The summed E-state index contributed by atoms with van der Waals surface area (Å²) < 4.78 is 5.37. The number of nitrogens with one attached hydrogen (secondary N) is 1. The van der Waals surface area contributed by atoms with Crippen LogP contribution in [0.15, 0.2) is 42.5 Å². The molecule has 1 N–H and O–H groups in total. The molecule has 27 heavy (non-hydrogen) atoms. The van der Waals surface area contributed by atoms with Crippen LogP contribution in [-0.4, -0.2) is 18.5 Å². The van der Waals surface area contributed by atoms with Gasteiger partial charge in [-0.05, 0) is 43.4 Å². The maximum Gasteiger partial charge on any atom is 0.314 e. The van der Waals surface area contributed by atoms with Crippen molar-refractivity contribution in [3.8, 4) is 0 Å². The Morgan fingerprint density at radius 2 is 1.63 bits per heavy atom. The molecule has 0 aromatic heterocycles. The van der Waals surface area contributed by atoms with Gasteiger partial charge in [-0.1, -0.05) is 68.3 Å². The first-order valence-electron chi connectivity index (χ1n) is 9.42. The minimum Gasteiger partial charge on any atom is -0.455 e. The van der Waals surface area contributed by atoms with Gasteiger partial charge in [0.05, 0.1) is 5.92 Å². The highest BCUT2D eigenvalue weighted by molar-refractivity contribution is 5.94. The van der Waals surface area contributed by atoms with Crippen molar-refractivity contribution in [2.75, 3.05) is 11.9 Å². The number of rotatable bonds is 7. The highest BCUT2D eigenvalue weighted by Crippen LogP contribution is 2.28. The molecule has 0 fully saturated rings. The van der Waals surface area contributed by atoms with Crippen LogP contribution in [-0.2, 0) is 14.3 Å². The lowest BCUT2D eigenvalue weighted by atomic mass is 9.86. The van der Waals surface area contributed by atoms with Crippen molar-refractivity contribution in [2.24, 2.45) is 5.92 Å². The predicted molar refractivity (Wildman–Crippen MR) is 109 cm³/mol. The van der Waals surface area contributed by atoms with Gasteiger partial charge in [0.25, 0.3) is 5.91 Å². The van der Waals surface area contributed by atoms with E-state index >= 15 is 0 Å². The van der Waals surface area contributed by atoms with Crippen LogP contribution in [0.25, 0.3) is 0 Å². The SMILES string of the molecule is CCC(C)C(C(=O)OCC(=O)Nc1c(C)cc(C)cc1C)c1ccccc1. The molecule has 0 aliphatic carbocycles. The molecule has 4 nitrogen and oxygen atoms in total. The van der Waals surface area contributed by atoms with Crippen molar-refractivity contribution in [3.05, 3.63) is 64.7 Å². The molecule has 0 bridgehead atoms. The zero-order chi connectivity index (χ0) is 20.0. The number of hydrogen-bond donors (Lipinski definition) is 1. The fourth-order valence-electron chi connectivity index (χ4n) is 3.37. The zero-order valence-electron chi connectivity index (χ0n) is 16.8. The lowest BCUT2D eigenvalue weighted by Crippen LogP contribution is -2.27. The molecule has 0 aliphatic rings. The largest absolute Gasteiger partial charge is 0.455 e. The van der Waals surface area contributed by atoms with Crippen LogP contribution in [0.2, 0.25) is 0 Å². The van der Waals surface area contributed by atoms with Crippen molar-refractivity contribution >= 4 is 17.6 Å². The monoisotopic (exact) mass is 367 g/mol. The average molecular weight is 367 g/mol. The van der Waals surface area contributed by atoms with Crippen LogP contribution in [0.5, 0.6) is 0 Å². The summed E-state index contributed by atoms with van der Waals surface area (Å²) in [5.74, 6) is -0.922. The third kappa shape index (κ3) is 5.43. The van der Waals surface area contributed by atoms with E-state index in [1.807, 2.05) is 77.1 Å². The van der Waals surface area contributed by atoms with E-state index in [2.05, 4.69) is 5.32 Å². The van der Waals surface area contributed by atoms with E-state index in [-0.39, 0.29) is 30.3 Å². The van der Waals surface area contributed by atoms with E-state index in [1.54, 1.807) is 0 Å². The van der Waals surface area contributed by atoms with E-state index in [0.29, 0.717) is 0 Å². The first-order valence-corrected chi connectivity index (χ1v) is 9.42. The van der Waals surface area contributed by atoms with Gasteiger partial charge in [0.1, 0.15) is 0 Å². The van der Waals surface area contributed by atoms with Gasteiger partial charge in [-0.2, -0.15) is 0 Å². The second-order valence-electron chi connectivity index (χ2n) is 7.20. The summed E-state index contributed by atoms with van der Waals surface area (Å²) >= 11 is 0. The molecule has 144 valence electrons. The molecule has 2 aromatic rings. The van der Waals surface area contributed by atoms with Crippen molar-refractivity contribution < 1.29 is 14.3 Å². The summed E-state index contributed by atoms with van der Waals surface area (Å²) in [6, 6.07) is 13.6. The summed E-state index contributed by atoms with van der Waals surface area (Å²) in [6.45, 7) is 9.71. The van der Waals surface area contributed by atoms with Crippen molar-refractivity contribution in [1.82, 2.24) is 0 Å². The number of esters is 1. The average Bonchev–Trinajstić information content (AvgIpc) is 2.63. The Morgan fingerprint density at radius 3 is 2.19 bits per heavy atom. The Balaban J connectivity index is 2.04. The number of hydrogen-bond acceptors (Lipinski definition) is 3. The number of ether oxygens (including phenoxy) is 1. The predicted octanol–water partition coefficient (Wildman–Crippen LogP) is 4.92. The fraction of sp³-hybridized carbons (Fsp3) is 0.391. The standard InChI is InChI=1S/C23H29NO3/c1-6-16(3)21(19-10-8-7-9-11-19)23(26)27-14-20(25)24-22-17(4)12-15(2)13-18(22)5/h7-13,16,21H,6,14H2,1-5H3,(H,24,25). The maximum absolute atomic E-state index is 12.7. The smallest absolute Gasteiger partial charge is 0.314 e. The summed E-state index contributed by atoms with van der Waals surface area (Å²) in [5, 5.41) is 2.87. The first kappa shape index (κ1) is 20.7. The van der Waals surface area contributed by atoms with Crippen molar-refractivity contribution in [1.29, 1.82) is 0 Å². The van der Waals surface area contributed by atoms with Gasteiger partial charge >= 0.3 is 5.97 Å². The topological polar surface area (TPSA) is 55.4 Å². The molecule has 1 amide bonds. The van der Waals surface area contributed by atoms with Crippen molar-refractivity contribution in [3.63, 3.8) is 0 Å². The molecule has 0 saturated heterocycles. The Hall–Kier alpha value is -2.62. The summed E-state index contributed by atoms with van der Waals surface area (Å²) in [7, 11) is 0. The van der Waals surface area contributed by atoms with Gasteiger partial charge in [0, 0.05) is 5.69 Å². The minimum atomic E-state index is -0.369. The molecule has 0 spiro atoms. The van der Waals surface area contributed by atoms with Gasteiger partial charge in [0.15, 0.2) is 6.61 Å². The molecule has 2 atom stereocenters. The molecule has 2 rings (SSSR count). The molecule has 4 heteroatoms. The lowest BCUT2D eigenvalue weighted by molar-refractivity contribution is -0.150. The number of carbonyl (C=O) groups is 2. The van der Waals surface area contributed by atoms with E-state index in [1.165, 1.54) is 0 Å². The summed E-state index contributed by atoms with van der Waals surface area (Å²) in [5.41, 5.74) is 4.84. The number of benzene rings is 2. The van der Waals surface area contributed by atoms with Crippen LogP contribution in [0.4, 0.5) is 5.69 Å². The quantitative estimate of drug-likeness (QED) is 0.707. The molecule has 2 aromatic carbocycles. The molecule has 0 heterocycles. The van der Waals surface area contributed by atoms with Crippen LogP contribution in [0.1, 0.15) is 48.4 Å². The summed E-state index contributed by atoms with van der Waals surface area (Å²) in [4.78, 5) is 25.0. The Morgan fingerprint density at radius 1 is 1.04 bits per heavy atom. The molecular weight excluding hydrogens is 338 g/mol. The van der Waals surface area contributed by atoms with Crippen LogP contribution in [0.3, 0.4) is 0 Å². The number of carbonyl (C=O) groups excluding carboxylic acids is 2. The van der Waals surface area contributed by atoms with Crippen LogP contribution < -0.4 is 5.32 Å². The fourth-order valence-corrected chi connectivity index (χ4v) is 3.37. The molecule has 2 unspecified atom stereocenters. The normalized spacial score (nSPS) is 12.9. The maximum atomic E-state index is 12.7. The van der Waals surface area contributed by atoms with Crippen molar-refractivity contribution in [2.45, 2.75) is 47.0 Å². The highest BCUT2D eigenvalue weighted by Gasteiger charge is 2.27. The Kier molecular flexibility index (Phi) is 7.17. The van der Waals surface area contributed by atoms with Crippen LogP contribution >= 0.6 is 0 Å². The third-order valence-corrected chi connectivity index (χ3v) is 4.91. The van der Waals surface area contributed by atoms with E-state index < -0.39 is 0 Å². The number of anilines is 1. The molecule has 0 saturated carbocycles. The van der Waals surface area contributed by atoms with Gasteiger partial charge in [-0.25, -0.2) is 0 Å². The number of amides is 1. The molecule has 0 aliphatic heterocycles. The highest BCUT2D eigenvalue weighted by atomic mass is 16.5. The molecule has 0 radical (unpaired) electrons. The van der Waals surface area contributed by atoms with E-state index in [4.69, 9.17) is 4.74 Å². The summed E-state index contributed by atoms with van der Waals surface area (Å²) in [6.07, 6.45) is 0.850. The number of aryl methyl sites for hydroxylation is 3. The van der Waals surface area contributed by atoms with Gasteiger partial charge in [-0.15, -0.1) is 0 Å². The van der Waals surface area contributed by atoms with Crippen LogP contribution in [0, 0.1) is 26.7 Å². The zero-order valence-corrected chi connectivity index (χ0v) is 16.8. The third-order valence-electron chi connectivity index (χ3n) is 4.91. The lowest BCUT2D eigenvalue weighted by Gasteiger charge is -2.22. The Labute approximate surface area is 161 Å². The van der Waals surface area contributed by atoms with Gasteiger partial charge in [0.2, 0.25) is 0 Å². The van der Waals surface area contributed by atoms with E-state index in [9.17, 15) is 9.59 Å². The second kappa shape index (κ2) is 9.36. The minimum absolute atomic E-state index is 0.129. The molecular formula is C23H29NO3. The first-order chi connectivity index (χ1) is 12.8.